The van der Waals surface area contributed by atoms with Gasteiger partial charge in [-0.1, -0.05) is 23.9 Å². The predicted molar refractivity (Wildman–Crippen MR) is 81.1 cm³/mol. The third-order valence-corrected chi connectivity index (χ3v) is 5.79. The Hall–Kier alpha value is -1.22. The van der Waals surface area contributed by atoms with Gasteiger partial charge in [-0.25, -0.2) is 16.8 Å². The van der Waals surface area contributed by atoms with E-state index in [1.165, 1.54) is 25.8 Å². The minimum absolute atomic E-state index is 0.493. The predicted octanol–water partition coefficient (Wildman–Crippen LogP) is 2.13. The van der Waals surface area contributed by atoms with Crippen LogP contribution in [0.2, 0.25) is 0 Å². The maximum Gasteiger partial charge on any atom is 0.512 e. The van der Waals surface area contributed by atoms with E-state index in [4.69, 9.17) is 0 Å². The van der Waals surface area contributed by atoms with Gasteiger partial charge in [0, 0.05) is 26.0 Å². The lowest BCUT2D eigenvalue weighted by molar-refractivity contribution is -0.0476. The molecule has 0 aromatic heterocycles. The number of sulfonamides is 2. The number of hydrogen-bond acceptors (Lipinski definition) is 6. The molecule has 0 atom stereocenters. The first-order chi connectivity index (χ1) is 11.5. The van der Waals surface area contributed by atoms with E-state index < -0.39 is 35.2 Å². The van der Waals surface area contributed by atoms with Gasteiger partial charge in [-0.2, -0.15) is 26.3 Å². The van der Waals surface area contributed by atoms with Crippen LogP contribution >= 0.6 is 0 Å². The van der Waals surface area contributed by atoms with Gasteiger partial charge in [-0.3, -0.25) is 0 Å². The van der Waals surface area contributed by atoms with Crippen molar-refractivity contribution >= 4 is 20.0 Å². The van der Waals surface area contributed by atoms with Gasteiger partial charge in [0.05, 0.1) is 6.67 Å². The average molecular weight is 435 g/mol. The summed E-state index contributed by atoms with van der Waals surface area (Å²) >= 11 is 0. The smallest absolute Gasteiger partial charge is 0.362 e. The van der Waals surface area contributed by atoms with Gasteiger partial charge >= 0.3 is 31.1 Å². The zero-order valence-corrected chi connectivity index (χ0v) is 15.4. The van der Waals surface area contributed by atoms with E-state index in [0.29, 0.717) is 0 Å². The molecule has 0 aromatic carbocycles. The fourth-order valence-corrected chi connectivity index (χ4v) is 3.45. The van der Waals surface area contributed by atoms with Crippen molar-refractivity contribution in [2.75, 3.05) is 20.3 Å². The Morgan fingerprint density at radius 3 is 1.69 bits per heavy atom. The van der Waals surface area contributed by atoms with E-state index in [1.54, 1.807) is 0 Å². The van der Waals surface area contributed by atoms with E-state index in [-0.39, 0.29) is 0 Å². The summed E-state index contributed by atoms with van der Waals surface area (Å²) in [4.78, 5) is 4.56. The molecule has 1 heterocycles. The van der Waals surface area contributed by atoms with Gasteiger partial charge in [0.15, 0.2) is 0 Å². The highest BCUT2D eigenvalue weighted by molar-refractivity contribution is 8.05. The van der Waals surface area contributed by atoms with Crippen molar-refractivity contribution in [2.24, 2.45) is 0 Å². The highest BCUT2D eigenvalue weighted by atomic mass is 32.3. The molecule has 1 aliphatic rings. The lowest BCUT2D eigenvalue weighted by Crippen LogP contribution is -2.45. The maximum absolute atomic E-state index is 11.5. The highest BCUT2D eigenvalue weighted by Gasteiger charge is 2.55. The average Bonchev–Trinajstić information content (AvgIpc) is 2.82. The Morgan fingerprint density at radius 1 is 0.923 bits per heavy atom. The lowest BCUT2D eigenvalue weighted by Gasteiger charge is -2.17. The number of nitrogens with one attached hydrogen (secondary N) is 1. The largest absolute Gasteiger partial charge is 0.512 e. The van der Waals surface area contributed by atoms with Crippen LogP contribution in [0.3, 0.4) is 0 Å². The van der Waals surface area contributed by atoms with Gasteiger partial charge < -0.3 is 9.80 Å². The molecule has 0 saturated heterocycles. The van der Waals surface area contributed by atoms with Gasteiger partial charge in [-0.05, 0) is 6.42 Å². The standard InChI is InChI=1S/C9H18N2.C2HF6NO4S2/c1-3-4-5-6-11-8-7-10(2)9-11;3-1(4,5)14(10,11)9-15(12,13)2(6,7)8/h7-8H,3-6,9H2,1-2H3;9H. The van der Waals surface area contributed by atoms with Crippen molar-refractivity contribution in [1.82, 2.24) is 13.9 Å². The third-order valence-electron chi connectivity index (χ3n) is 2.81. The van der Waals surface area contributed by atoms with Gasteiger partial charge in [0.2, 0.25) is 0 Å². The van der Waals surface area contributed by atoms with Gasteiger partial charge in [0.1, 0.15) is 0 Å². The Bertz CT molecular complexity index is 631. The monoisotopic (exact) mass is 435 g/mol. The number of hydrogen-bond donors (Lipinski definition) is 1. The van der Waals surface area contributed by atoms with Crippen molar-refractivity contribution < 1.29 is 43.2 Å². The molecule has 156 valence electrons. The van der Waals surface area contributed by atoms with E-state index in [1.807, 2.05) is 0 Å². The Labute approximate surface area is 147 Å². The minimum Gasteiger partial charge on any atom is -0.362 e. The zero-order chi connectivity index (χ0) is 20.8. The first-order valence-corrected chi connectivity index (χ1v) is 10.0. The van der Waals surface area contributed by atoms with Crippen LogP contribution in [0.4, 0.5) is 26.3 Å². The summed E-state index contributed by atoms with van der Waals surface area (Å²) in [5.41, 5.74) is -12.3. The summed E-state index contributed by atoms with van der Waals surface area (Å²) in [5, 5.41) is 0. The summed E-state index contributed by atoms with van der Waals surface area (Å²) < 4.78 is 108. The Morgan fingerprint density at radius 2 is 1.38 bits per heavy atom. The van der Waals surface area contributed by atoms with Gasteiger partial charge in [-0.15, -0.1) is 0 Å². The molecule has 1 rings (SSSR count). The first-order valence-electron chi connectivity index (χ1n) is 7.07. The third kappa shape index (κ3) is 7.99. The van der Waals surface area contributed by atoms with Gasteiger partial charge in [0.25, 0.3) is 0 Å². The van der Waals surface area contributed by atoms with Crippen LogP contribution in [-0.4, -0.2) is 57.9 Å². The lowest BCUT2D eigenvalue weighted by atomic mass is 10.2. The molecule has 0 aliphatic carbocycles. The second kappa shape index (κ2) is 9.12. The molecular formula is C11H19F6N3O4S2. The fourth-order valence-electron chi connectivity index (χ4n) is 1.54. The summed E-state index contributed by atoms with van der Waals surface area (Å²) in [5.74, 6) is 0. The van der Waals surface area contributed by atoms with Crippen LogP contribution in [0.25, 0.3) is 0 Å². The molecule has 7 nitrogen and oxygen atoms in total. The highest BCUT2D eigenvalue weighted by Crippen LogP contribution is 2.27. The molecular weight excluding hydrogens is 416 g/mol. The Balaban J connectivity index is 0.000000502. The number of halogens is 6. The second-order valence-corrected chi connectivity index (χ2v) is 8.80. The molecule has 0 amide bonds. The SMILES string of the molecule is CCCCCN1C=CN(C)C1.O=S(=O)(NS(=O)(=O)C(F)(F)F)C(F)(F)F. The molecule has 1 N–H and O–H groups in total. The second-order valence-electron chi connectivity index (χ2n) is 5.20. The fraction of sp³-hybridized carbons (Fsp3) is 0.818. The van der Waals surface area contributed by atoms with Crippen LogP contribution in [0, 0.1) is 0 Å². The van der Waals surface area contributed by atoms with Crippen molar-refractivity contribution in [1.29, 1.82) is 0 Å². The summed E-state index contributed by atoms with van der Waals surface area (Å²) in [6, 6.07) is 0. The van der Waals surface area contributed by atoms with Crippen LogP contribution in [0.5, 0.6) is 0 Å². The Kier molecular flexibility index (Phi) is 8.69. The minimum atomic E-state index is -6.60. The molecule has 1 aliphatic heterocycles. The first kappa shape index (κ1) is 24.8. The quantitative estimate of drug-likeness (QED) is 0.508. The molecule has 0 fully saturated rings. The van der Waals surface area contributed by atoms with Crippen LogP contribution in [0.15, 0.2) is 12.4 Å². The van der Waals surface area contributed by atoms with Crippen LogP contribution in [-0.2, 0) is 20.0 Å². The number of alkyl halides is 6. The van der Waals surface area contributed by atoms with Crippen LogP contribution in [0.1, 0.15) is 26.2 Å². The summed E-state index contributed by atoms with van der Waals surface area (Å²) in [7, 11) is -11.1. The number of unbranched alkanes of at least 4 members (excludes halogenated alkanes) is 2. The molecule has 0 unspecified atom stereocenters. The van der Waals surface area contributed by atoms with E-state index >= 15 is 0 Å². The molecule has 26 heavy (non-hydrogen) atoms. The van der Waals surface area contributed by atoms with Crippen molar-refractivity contribution in [3.63, 3.8) is 0 Å². The summed E-state index contributed by atoms with van der Waals surface area (Å²) in [6.45, 7) is 4.53. The topological polar surface area (TPSA) is 86.8 Å². The van der Waals surface area contributed by atoms with Crippen LogP contribution < -0.4 is 4.13 Å². The van der Waals surface area contributed by atoms with E-state index in [9.17, 15) is 43.2 Å². The van der Waals surface area contributed by atoms with E-state index in [2.05, 4.69) is 36.2 Å². The van der Waals surface area contributed by atoms with E-state index in [0.717, 1.165) is 6.67 Å². The zero-order valence-electron chi connectivity index (χ0n) is 13.8. The molecule has 0 spiro atoms. The van der Waals surface area contributed by atoms with Crippen molar-refractivity contribution in [2.45, 2.75) is 37.2 Å². The van der Waals surface area contributed by atoms with Crippen molar-refractivity contribution in [3.8, 4) is 0 Å². The summed E-state index contributed by atoms with van der Waals surface area (Å²) in [6.07, 6.45) is 8.30. The molecule has 0 bridgehead atoms. The molecule has 15 heteroatoms. The molecule has 0 aromatic rings. The maximum atomic E-state index is 11.5. The number of rotatable bonds is 6. The molecule has 0 saturated carbocycles. The molecule has 0 radical (unpaired) electrons. The number of nitrogens with zero attached hydrogens (tertiary/aromatic N) is 2. The normalized spacial score (nSPS) is 15.8. The van der Waals surface area contributed by atoms with Crippen molar-refractivity contribution in [3.05, 3.63) is 12.4 Å².